The van der Waals surface area contributed by atoms with Crippen molar-refractivity contribution in [3.63, 3.8) is 0 Å². The Balaban J connectivity index is 0.00000216. The molecule has 3 aromatic heterocycles. The maximum absolute atomic E-state index is 11.8. The summed E-state index contributed by atoms with van der Waals surface area (Å²) in [7, 11) is 1.80. The molecule has 0 aliphatic rings. The quantitative estimate of drug-likeness (QED) is 0.205. The molecule has 5 nitrogen and oxygen atoms in total. The number of unbranched alkanes of at least 4 members (excludes halogenated alkanes) is 2. The SMILES string of the molecule is Cl.Cl.Cn1c(=O)ccc2cc(OCCCCCN(CCc3cccnc3)Cc3ccsc3)ccc21. The summed E-state index contributed by atoms with van der Waals surface area (Å²) >= 11 is 1.76. The Morgan fingerprint density at radius 1 is 1.00 bits per heavy atom. The molecule has 0 saturated carbocycles. The van der Waals surface area contributed by atoms with Gasteiger partial charge in [0.25, 0.3) is 5.56 Å². The number of hydrogen-bond acceptors (Lipinski definition) is 5. The van der Waals surface area contributed by atoms with E-state index >= 15 is 0 Å². The predicted molar refractivity (Wildman–Crippen MR) is 151 cm³/mol. The maximum atomic E-state index is 11.8. The van der Waals surface area contributed by atoms with Crippen LogP contribution in [-0.2, 0) is 20.0 Å². The van der Waals surface area contributed by atoms with Crippen molar-refractivity contribution in [2.24, 2.45) is 7.05 Å². The molecule has 188 valence electrons. The highest BCUT2D eigenvalue weighted by molar-refractivity contribution is 7.07. The van der Waals surface area contributed by atoms with Crippen LogP contribution in [0.3, 0.4) is 0 Å². The molecule has 0 amide bonds. The number of aryl methyl sites for hydroxylation is 1. The van der Waals surface area contributed by atoms with Crippen LogP contribution >= 0.6 is 36.2 Å². The molecule has 0 radical (unpaired) electrons. The van der Waals surface area contributed by atoms with Gasteiger partial charge in [0.2, 0.25) is 0 Å². The zero-order chi connectivity index (χ0) is 22.9. The molecule has 0 aliphatic heterocycles. The summed E-state index contributed by atoms with van der Waals surface area (Å²) in [6, 6.07) is 15.8. The first-order valence-corrected chi connectivity index (χ1v) is 12.5. The highest BCUT2D eigenvalue weighted by Gasteiger charge is 2.08. The molecule has 0 bridgehead atoms. The number of pyridine rings is 2. The molecule has 0 spiro atoms. The topological polar surface area (TPSA) is 47.4 Å². The normalized spacial score (nSPS) is 10.7. The number of thiophene rings is 1. The van der Waals surface area contributed by atoms with Crippen molar-refractivity contribution in [1.82, 2.24) is 14.5 Å². The summed E-state index contributed by atoms with van der Waals surface area (Å²) in [5.74, 6) is 0.858. The Hall–Kier alpha value is -2.38. The van der Waals surface area contributed by atoms with Crippen LogP contribution in [0.25, 0.3) is 10.9 Å². The molecule has 35 heavy (non-hydrogen) atoms. The summed E-state index contributed by atoms with van der Waals surface area (Å²) in [6.07, 6.45) is 8.13. The van der Waals surface area contributed by atoms with Gasteiger partial charge in [0, 0.05) is 44.0 Å². The lowest BCUT2D eigenvalue weighted by Gasteiger charge is -2.22. The molecule has 0 saturated heterocycles. The summed E-state index contributed by atoms with van der Waals surface area (Å²) in [5, 5.41) is 5.41. The fourth-order valence-corrected chi connectivity index (χ4v) is 4.66. The second-order valence-electron chi connectivity index (χ2n) is 8.38. The number of halogens is 2. The first-order valence-electron chi connectivity index (χ1n) is 11.5. The second kappa shape index (κ2) is 14.9. The van der Waals surface area contributed by atoms with Gasteiger partial charge in [-0.25, -0.2) is 0 Å². The molecule has 0 unspecified atom stereocenters. The largest absolute Gasteiger partial charge is 0.494 e. The molecule has 3 heterocycles. The number of fused-ring (bicyclic) bond motifs is 1. The van der Waals surface area contributed by atoms with Crippen molar-refractivity contribution >= 4 is 47.1 Å². The number of nitrogens with zero attached hydrogens (tertiary/aromatic N) is 3. The van der Waals surface area contributed by atoms with Gasteiger partial charge < -0.3 is 9.30 Å². The molecule has 0 atom stereocenters. The van der Waals surface area contributed by atoms with Crippen LogP contribution in [0, 0.1) is 0 Å². The zero-order valence-electron chi connectivity index (χ0n) is 20.0. The number of benzene rings is 1. The molecule has 4 aromatic rings. The van der Waals surface area contributed by atoms with Crippen molar-refractivity contribution in [3.8, 4) is 5.75 Å². The summed E-state index contributed by atoms with van der Waals surface area (Å²) in [6.45, 7) is 3.83. The van der Waals surface area contributed by atoms with Crippen molar-refractivity contribution in [3.05, 3.63) is 93.2 Å². The monoisotopic (exact) mass is 533 g/mol. The van der Waals surface area contributed by atoms with Crippen molar-refractivity contribution in [1.29, 1.82) is 0 Å². The van der Waals surface area contributed by atoms with Crippen molar-refractivity contribution < 1.29 is 4.74 Å². The number of rotatable bonds is 12. The lowest BCUT2D eigenvalue weighted by atomic mass is 10.1. The van der Waals surface area contributed by atoms with E-state index < -0.39 is 0 Å². The smallest absolute Gasteiger partial charge is 0.250 e. The van der Waals surface area contributed by atoms with Gasteiger partial charge in [0.05, 0.1) is 12.1 Å². The Kier molecular flexibility index (Phi) is 12.3. The lowest BCUT2D eigenvalue weighted by molar-refractivity contribution is 0.254. The minimum absolute atomic E-state index is 0. The number of ether oxygens (including phenoxy) is 1. The van der Waals surface area contributed by atoms with Crippen molar-refractivity contribution in [2.45, 2.75) is 32.2 Å². The third kappa shape index (κ3) is 8.65. The van der Waals surface area contributed by atoms with Gasteiger partial charge >= 0.3 is 0 Å². The van der Waals surface area contributed by atoms with E-state index in [1.165, 1.54) is 11.1 Å². The predicted octanol–water partition coefficient (Wildman–Crippen LogP) is 6.13. The average Bonchev–Trinajstić information content (AvgIpc) is 3.36. The van der Waals surface area contributed by atoms with E-state index in [9.17, 15) is 4.79 Å². The summed E-state index contributed by atoms with van der Waals surface area (Å²) < 4.78 is 7.64. The molecule has 0 fully saturated rings. The van der Waals surface area contributed by atoms with Crippen LogP contribution in [-0.4, -0.2) is 34.1 Å². The highest BCUT2D eigenvalue weighted by Crippen LogP contribution is 2.20. The van der Waals surface area contributed by atoms with E-state index in [2.05, 4.69) is 32.8 Å². The minimum Gasteiger partial charge on any atom is -0.494 e. The Bertz CT molecular complexity index is 1200. The van der Waals surface area contributed by atoms with Gasteiger partial charge in [-0.3, -0.25) is 14.7 Å². The van der Waals surface area contributed by atoms with E-state index in [-0.39, 0.29) is 30.4 Å². The van der Waals surface area contributed by atoms with E-state index in [0.29, 0.717) is 6.61 Å². The Morgan fingerprint density at radius 3 is 2.66 bits per heavy atom. The van der Waals surface area contributed by atoms with Crippen LogP contribution in [0.15, 0.2) is 76.5 Å². The van der Waals surface area contributed by atoms with E-state index in [1.54, 1.807) is 29.0 Å². The molecule has 0 N–H and O–H groups in total. The Labute approximate surface area is 223 Å². The minimum atomic E-state index is 0. The molecule has 8 heteroatoms. The van der Waals surface area contributed by atoms with Crippen molar-refractivity contribution in [2.75, 3.05) is 19.7 Å². The van der Waals surface area contributed by atoms with Gasteiger partial charge in [-0.15, -0.1) is 24.8 Å². The van der Waals surface area contributed by atoms with Gasteiger partial charge in [0.15, 0.2) is 0 Å². The van der Waals surface area contributed by atoms with E-state index in [0.717, 1.165) is 62.0 Å². The first-order chi connectivity index (χ1) is 16.2. The van der Waals surface area contributed by atoms with Crippen LogP contribution in [0.1, 0.15) is 30.4 Å². The van der Waals surface area contributed by atoms with Crippen LogP contribution in [0.5, 0.6) is 5.75 Å². The third-order valence-electron chi connectivity index (χ3n) is 5.91. The fourth-order valence-electron chi connectivity index (χ4n) is 4.00. The van der Waals surface area contributed by atoms with E-state index in [1.807, 2.05) is 42.7 Å². The maximum Gasteiger partial charge on any atom is 0.250 e. The molecule has 0 aliphatic carbocycles. The van der Waals surface area contributed by atoms with Crippen LogP contribution in [0.2, 0.25) is 0 Å². The number of aromatic nitrogens is 2. The van der Waals surface area contributed by atoms with Gasteiger partial charge in [-0.1, -0.05) is 6.07 Å². The van der Waals surface area contributed by atoms with Gasteiger partial charge in [0.1, 0.15) is 5.75 Å². The molecule has 1 aromatic carbocycles. The molecular weight excluding hydrogens is 501 g/mol. The third-order valence-corrected chi connectivity index (χ3v) is 6.64. The molecular formula is C27H33Cl2N3O2S. The summed E-state index contributed by atoms with van der Waals surface area (Å²) in [4.78, 5) is 18.5. The molecule has 4 rings (SSSR count). The zero-order valence-corrected chi connectivity index (χ0v) is 22.4. The number of hydrogen-bond donors (Lipinski definition) is 0. The fraction of sp³-hybridized carbons (Fsp3) is 0.333. The highest BCUT2D eigenvalue weighted by atomic mass is 35.5. The van der Waals surface area contributed by atoms with Gasteiger partial charge in [-0.05, 0) is 90.5 Å². The van der Waals surface area contributed by atoms with Crippen LogP contribution < -0.4 is 10.3 Å². The van der Waals surface area contributed by atoms with E-state index in [4.69, 9.17) is 4.74 Å². The van der Waals surface area contributed by atoms with Gasteiger partial charge in [-0.2, -0.15) is 11.3 Å². The summed E-state index contributed by atoms with van der Waals surface area (Å²) in [5.41, 5.74) is 3.61. The average molecular weight is 535 g/mol. The first kappa shape index (κ1) is 28.9. The lowest BCUT2D eigenvalue weighted by Crippen LogP contribution is -2.26. The second-order valence-corrected chi connectivity index (χ2v) is 9.16. The van der Waals surface area contributed by atoms with Crippen LogP contribution in [0.4, 0.5) is 0 Å². The Morgan fingerprint density at radius 2 is 1.89 bits per heavy atom. The standard InChI is InChI=1S/C27H31N3O2S.2ClH/c1-29-26-9-8-25(18-24(26)7-10-27(29)31)32-16-4-2-3-14-30(20-23-12-17-33-21-23)15-11-22-6-5-13-28-19-22;;/h5-10,12-13,17-19,21H,2-4,11,14-16,20H2,1H3;2*1H.